The molecule has 0 amide bonds. The van der Waals surface area contributed by atoms with Crippen molar-refractivity contribution in [2.24, 2.45) is 0 Å². The minimum Gasteiger partial charge on any atom is -0.382 e. The quantitative estimate of drug-likeness (QED) is 0.0349. The van der Waals surface area contributed by atoms with E-state index in [-0.39, 0.29) is 52.9 Å². The summed E-state index contributed by atoms with van der Waals surface area (Å²) in [6.45, 7) is -1.18. The summed E-state index contributed by atoms with van der Waals surface area (Å²) in [5.41, 5.74) is 2.02. The van der Waals surface area contributed by atoms with E-state index in [4.69, 9.17) is 189 Å². The standard InChI is InChI=1S/C108H152O40/c1-109-53-67-75-83(115-7)91(123-15)99(133-67)142-76-68(54-110-2)135-101(93(125-17)84(76)116-8)144-78-70(56-112-4)137-103(95(127-19)86(78)118-10)147-81-73(59-131-107(61-41-29-23-30-42-61,62-43-31-24-32-44-62)63-45-33-25-34-46-63)140-106(98(130-22)89(81)121-13)146-80-72(58-114-6)138-104(96(128-20)88(80)120-12)148-82-74(60-132-108(64-47-35-26-36-48-64,65-49-37-27-38-50-65)66-51-39-28-40-52-66)139-105(97(129-21)90(82)122-14)145-79-71(57-113-5)136-102(94(126-18)87(79)119-11)143-77-69(55-111-3)134-100(141-75)92(124-16)85(77)117-9/h23-52,67-106H,53-60H2,1-22H3/t67-,68-,69-,70-,71-,72-,73-,74-,75-,76-,77-,78-,79-,80-,81-,82-,83+,84+,85+,86+,87+,88-,89+,90+,91-,92-,93-,94-,95-,96-,97-,98-,99-,100-,101-,102-,103-,104-,105-,106-/m1/s1. The highest BCUT2D eigenvalue weighted by molar-refractivity contribution is 5.49. The van der Waals surface area contributed by atoms with Crippen LogP contribution in [0.3, 0.4) is 0 Å². The van der Waals surface area contributed by atoms with Crippen molar-refractivity contribution < 1.29 is 189 Å². The van der Waals surface area contributed by atoms with Crippen LogP contribution in [0.1, 0.15) is 33.4 Å². The number of ether oxygens (including phenoxy) is 40. The van der Waals surface area contributed by atoms with E-state index < -0.39 is 257 Å². The summed E-state index contributed by atoms with van der Waals surface area (Å²) in [6.07, 6.45) is -46.6. The molecule has 824 valence electrons. The highest BCUT2D eigenvalue weighted by Gasteiger charge is 2.64. The van der Waals surface area contributed by atoms with E-state index in [1.165, 1.54) is 149 Å². The van der Waals surface area contributed by atoms with E-state index >= 15 is 0 Å². The molecule has 40 heteroatoms. The second-order valence-electron chi connectivity index (χ2n) is 37.3. The lowest BCUT2D eigenvalue weighted by atomic mass is 9.80. The molecule has 30 saturated heterocycles. The molecule has 6 aromatic carbocycles. The van der Waals surface area contributed by atoms with Gasteiger partial charge in [0.2, 0.25) is 0 Å². The van der Waals surface area contributed by atoms with E-state index in [0.717, 1.165) is 33.4 Å². The van der Waals surface area contributed by atoms with Gasteiger partial charge in [-0.15, -0.1) is 0 Å². The van der Waals surface area contributed by atoms with Crippen molar-refractivity contribution in [1.82, 2.24) is 0 Å². The number of hydrogen-bond donors (Lipinski definition) is 0. The molecule has 0 radical (unpaired) electrons. The van der Waals surface area contributed by atoms with E-state index in [1.54, 1.807) is 7.11 Å². The van der Waals surface area contributed by atoms with Crippen LogP contribution in [-0.4, -0.2) is 455 Å². The summed E-state index contributed by atoms with van der Waals surface area (Å²) in [6, 6.07) is 59.5. The summed E-state index contributed by atoms with van der Waals surface area (Å²) in [5, 5.41) is 0. The van der Waals surface area contributed by atoms with Gasteiger partial charge < -0.3 is 189 Å². The Hall–Kier alpha value is -6.28. The fourth-order valence-corrected chi connectivity index (χ4v) is 22.6. The average Bonchev–Trinajstić information content (AvgIpc) is 0.756. The Morgan fingerprint density at radius 2 is 0.264 bits per heavy atom. The molecule has 30 aliphatic heterocycles. The lowest BCUT2D eigenvalue weighted by Crippen LogP contribution is -2.70. The first-order valence-corrected chi connectivity index (χ1v) is 49.9. The average molecular weight is 2090 g/mol. The van der Waals surface area contributed by atoms with E-state index in [0.29, 0.717) is 0 Å². The Bertz CT molecular complexity index is 4410. The summed E-state index contributed by atoms with van der Waals surface area (Å²) < 4.78 is 275. The highest BCUT2D eigenvalue weighted by Crippen LogP contribution is 2.49. The third-order valence-corrected chi connectivity index (χ3v) is 29.4. The summed E-state index contributed by atoms with van der Waals surface area (Å²) >= 11 is 0. The smallest absolute Gasteiger partial charge is 0.187 e. The van der Waals surface area contributed by atoms with Crippen LogP contribution < -0.4 is 0 Å². The number of benzene rings is 6. The maximum Gasteiger partial charge on any atom is 0.187 e. The van der Waals surface area contributed by atoms with Crippen LogP contribution in [0.25, 0.3) is 0 Å². The first-order valence-electron chi connectivity index (χ1n) is 49.9. The Kier molecular flexibility index (Phi) is 43.7. The SMILES string of the molecule is COC[C@H]1O[C@@H]2O[C@H]3[C@H](OC)[C@@H](OC)[C@@H](O[C@H]4[C@H](OC)[C@@H](OC)[C@@H](O[C@H]5[C@H](OC)[C@@H](OC)[C@@H](O[C@H]6[C@@H](OC)[C@@H](OC)[C@@H](O[C@H]7[C@H](OC)[C@@H](OC)[C@@H](O[C@H]8[C@H](OC)[C@@H](OC)[C@@H](O[C@H]9[C@H](OC)[C@@H](OC)[C@@H](O[C@H]1[C@H](OC)[C@H]2OC)O[C@@H]9COC)O[C@@H]8COC)O[C@@H]7COC(c1ccccc1)(c1ccccc1)c1ccccc1)O[C@@H]6COC)O[C@@H]5COC(c1ccccc1)(c1ccccc1)c1ccccc1)O[C@@H]4COC)O[C@@H]3COC. The molecule has 0 spiro atoms. The van der Waals surface area contributed by atoms with Gasteiger partial charge in [-0.2, -0.15) is 0 Å². The Balaban J connectivity index is 0.862. The summed E-state index contributed by atoms with van der Waals surface area (Å²) in [5.74, 6) is 0. The van der Waals surface area contributed by atoms with Crippen LogP contribution >= 0.6 is 0 Å². The van der Waals surface area contributed by atoms with Gasteiger partial charge in [0.15, 0.2) is 50.3 Å². The van der Waals surface area contributed by atoms with Gasteiger partial charge in [0, 0.05) is 156 Å². The molecule has 148 heavy (non-hydrogen) atoms. The van der Waals surface area contributed by atoms with Gasteiger partial charge in [0.05, 0.1) is 52.9 Å². The normalized spacial score (nSPS) is 37.8. The van der Waals surface area contributed by atoms with E-state index in [9.17, 15) is 0 Å². The maximum atomic E-state index is 7.79. The second kappa shape index (κ2) is 55.9. The molecular weight excluding hydrogens is 1940 g/mol. The third kappa shape index (κ3) is 24.4. The molecule has 40 nitrogen and oxygen atoms in total. The van der Waals surface area contributed by atoms with Gasteiger partial charge in [0.1, 0.15) is 207 Å². The lowest BCUT2D eigenvalue weighted by molar-refractivity contribution is -0.410. The second-order valence-corrected chi connectivity index (χ2v) is 37.3. The van der Waals surface area contributed by atoms with Crippen molar-refractivity contribution >= 4 is 0 Å². The monoisotopic (exact) mass is 2090 g/mol. The molecule has 6 aromatic rings. The molecular formula is C108H152O40. The van der Waals surface area contributed by atoms with Crippen LogP contribution in [0.5, 0.6) is 0 Å². The van der Waals surface area contributed by atoms with Gasteiger partial charge in [-0.25, -0.2) is 0 Å². The minimum absolute atomic E-state index is 0.0872. The summed E-state index contributed by atoms with van der Waals surface area (Å²) in [4.78, 5) is 0. The zero-order valence-corrected chi connectivity index (χ0v) is 88.4. The van der Waals surface area contributed by atoms with Crippen LogP contribution in [0.4, 0.5) is 0 Å². The summed E-state index contributed by atoms with van der Waals surface area (Å²) in [7, 11) is 33.4. The van der Waals surface area contributed by atoms with Crippen LogP contribution in [0.15, 0.2) is 182 Å². The topological polar surface area (TPSA) is 369 Å². The number of rotatable bonds is 40. The first kappa shape index (κ1) is 116. The Labute approximate surface area is 866 Å². The third-order valence-electron chi connectivity index (χ3n) is 29.4. The maximum absolute atomic E-state index is 7.79. The van der Waals surface area contributed by atoms with Crippen molar-refractivity contribution in [2.45, 2.75) is 257 Å². The molecule has 0 aliphatic carbocycles. The lowest BCUT2D eigenvalue weighted by Gasteiger charge is -2.53. The molecule has 16 bridgehead atoms. The van der Waals surface area contributed by atoms with Gasteiger partial charge in [-0.1, -0.05) is 182 Å². The van der Waals surface area contributed by atoms with Crippen LogP contribution in [0, 0.1) is 0 Å². The van der Waals surface area contributed by atoms with Crippen molar-refractivity contribution in [3.63, 3.8) is 0 Å². The molecule has 0 aromatic heterocycles. The molecule has 0 saturated carbocycles. The number of methoxy groups -OCH3 is 22. The number of hydrogen-bond acceptors (Lipinski definition) is 40. The molecule has 0 N–H and O–H groups in total. The fourth-order valence-electron chi connectivity index (χ4n) is 22.6. The van der Waals surface area contributed by atoms with Crippen molar-refractivity contribution in [1.29, 1.82) is 0 Å². The largest absolute Gasteiger partial charge is 0.382 e. The zero-order chi connectivity index (χ0) is 105. The molecule has 36 rings (SSSR count). The van der Waals surface area contributed by atoms with Gasteiger partial charge in [0.25, 0.3) is 0 Å². The predicted molar refractivity (Wildman–Crippen MR) is 523 cm³/mol. The van der Waals surface area contributed by atoms with Crippen LogP contribution in [0.2, 0.25) is 0 Å². The van der Waals surface area contributed by atoms with Gasteiger partial charge >= 0.3 is 0 Å². The Morgan fingerprint density at radius 3 is 0.372 bits per heavy atom. The van der Waals surface area contributed by atoms with Gasteiger partial charge in [-0.3, -0.25) is 0 Å². The first-order chi connectivity index (χ1) is 72.4. The van der Waals surface area contributed by atoms with Crippen molar-refractivity contribution in [2.75, 3.05) is 209 Å². The molecule has 30 fully saturated rings. The predicted octanol–water partition coefficient (Wildman–Crippen LogP) is 7.02. The van der Waals surface area contributed by atoms with Crippen LogP contribution in [-0.2, 0) is 201 Å². The molecule has 30 aliphatic rings. The van der Waals surface area contributed by atoms with Gasteiger partial charge in [-0.05, 0) is 33.4 Å². The minimum atomic E-state index is -1.43. The molecule has 40 atom stereocenters. The zero-order valence-electron chi connectivity index (χ0n) is 88.4. The molecule has 30 heterocycles. The van der Waals surface area contributed by atoms with E-state index in [1.807, 2.05) is 182 Å². The van der Waals surface area contributed by atoms with Crippen molar-refractivity contribution in [3.05, 3.63) is 215 Å². The fraction of sp³-hybridized carbons (Fsp3) is 0.667. The highest BCUT2D eigenvalue weighted by atomic mass is 16.8. The Morgan fingerprint density at radius 1 is 0.149 bits per heavy atom. The van der Waals surface area contributed by atoms with E-state index in [2.05, 4.69) is 0 Å². The molecule has 0 unspecified atom stereocenters. The van der Waals surface area contributed by atoms with Crippen molar-refractivity contribution in [3.8, 4) is 0 Å².